The monoisotopic (exact) mass is 312 g/mol. The normalized spacial score (nSPS) is 12.4. The Kier molecular flexibility index (Phi) is 4.02. The zero-order chi connectivity index (χ0) is 16.4. The second-order valence-corrected chi connectivity index (χ2v) is 5.30. The number of aliphatic carboxylic acids is 1. The lowest BCUT2D eigenvalue weighted by Gasteiger charge is -2.16. The molecule has 1 N–H and O–H groups in total. The van der Waals surface area contributed by atoms with Crippen molar-refractivity contribution in [2.45, 2.75) is 12.8 Å². The number of carboxylic acid groups (broad SMARTS) is 1. The van der Waals surface area contributed by atoms with Crippen molar-refractivity contribution in [3.63, 3.8) is 0 Å². The fraction of sp³-hybridized carbons (Fsp3) is 0.222. The summed E-state index contributed by atoms with van der Waals surface area (Å²) in [6.45, 7) is 0.476. The predicted octanol–water partition coefficient (Wildman–Crippen LogP) is 2.49. The Balaban J connectivity index is 2.19. The van der Waals surface area contributed by atoms with Gasteiger partial charge in [0.25, 0.3) is 0 Å². The van der Waals surface area contributed by atoms with E-state index in [0.29, 0.717) is 35.5 Å². The van der Waals surface area contributed by atoms with Crippen LogP contribution in [0.5, 0.6) is 11.5 Å². The molecule has 0 amide bonds. The fourth-order valence-electron chi connectivity index (χ4n) is 2.85. The second kappa shape index (κ2) is 6.12. The molecule has 5 heteroatoms. The highest BCUT2D eigenvalue weighted by atomic mass is 16.5. The molecule has 0 saturated carbocycles. The lowest BCUT2D eigenvalue weighted by molar-refractivity contribution is -0.136. The molecule has 0 aliphatic carbocycles. The number of ketones is 1. The maximum absolute atomic E-state index is 12.9. The summed E-state index contributed by atoms with van der Waals surface area (Å²) in [5.74, 6) is -0.417. The van der Waals surface area contributed by atoms with Gasteiger partial charge in [0.1, 0.15) is 17.1 Å². The van der Waals surface area contributed by atoms with E-state index in [1.54, 1.807) is 30.3 Å². The highest BCUT2D eigenvalue weighted by Gasteiger charge is 2.29. The molecule has 0 radical (unpaired) electrons. The van der Waals surface area contributed by atoms with E-state index in [-0.39, 0.29) is 18.0 Å². The summed E-state index contributed by atoms with van der Waals surface area (Å²) in [5, 5.41) is 9.11. The van der Waals surface area contributed by atoms with Crippen LogP contribution in [0.2, 0.25) is 0 Å². The molecule has 0 unspecified atom stereocenters. The highest BCUT2D eigenvalue weighted by Crippen LogP contribution is 2.40. The third-order valence-electron chi connectivity index (χ3n) is 3.81. The van der Waals surface area contributed by atoms with Crippen LogP contribution in [-0.2, 0) is 17.6 Å². The van der Waals surface area contributed by atoms with Crippen LogP contribution in [0.1, 0.15) is 27.0 Å². The number of hydrogen-bond donors (Lipinski definition) is 1. The molecule has 0 bridgehead atoms. The maximum atomic E-state index is 12.9. The Labute approximate surface area is 133 Å². The van der Waals surface area contributed by atoms with E-state index in [4.69, 9.17) is 14.6 Å². The van der Waals surface area contributed by atoms with E-state index >= 15 is 0 Å². The number of hydrogen-bond acceptors (Lipinski definition) is 4. The molecular formula is C18H16O5. The van der Waals surface area contributed by atoms with Gasteiger partial charge in [0.2, 0.25) is 5.78 Å². The summed E-state index contributed by atoms with van der Waals surface area (Å²) in [5.41, 5.74) is 2.16. The Morgan fingerprint density at radius 2 is 2.00 bits per heavy atom. The zero-order valence-electron chi connectivity index (χ0n) is 12.7. The molecule has 5 nitrogen and oxygen atoms in total. The van der Waals surface area contributed by atoms with E-state index in [1.165, 1.54) is 7.11 Å². The van der Waals surface area contributed by atoms with E-state index < -0.39 is 5.97 Å². The number of carboxylic acids is 1. The molecule has 118 valence electrons. The molecule has 0 fully saturated rings. The summed E-state index contributed by atoms with van der Waals surface area (Å²) in [7, 11) is 1.43. The molecule has 1 aliphatic heterocycles. The van der Waals surface area contributed by atoms with Crippen molar-refractivity contribution in [1.29, 1.82) is 0 Å². The molecule has 23 heavy (non-hydrogen) atoms. The van der Waals surface area contributed by atoms with Crippen LogP contribution >= 0.6 is 0 Å². The van der Waals surface area contributed by atoms with Gasteiger partial charge in [-0.3, -0.25) is 9.59 Å². The number of methoxy groups -OCH3 is 1. The predicted molar refractivity (Wildman–Crippen MR) is 83.4 cm³/mol. The van der Waals surface area contributed by atoms with Crippen molar-refractivity contribution in [2.75, 3.05) is 13.7 Å². The molecule has 1 aliphatic rings. The van der Waals surface area contributed by atoms with Crippen LogP contribution < -0.4 is 9.47 Å². The lowest BCUT2D eigenvalue weighted by atomic mass is 9.94. The van der Waals surface area contributed by atoms with Gasteiger partial charge in [-0.25, -0.2) is 0 Å². The topological polar surface area (TPSA) is 72.8 Å². The summed E-state index contributed by atoms with van der Waals surface area (Å²) in [4.78, 5) is 24.0. The number of rotatable bonds is 5. The average molecular weight is 312 g/mol. The van der Waals surface area contributed by atoms with Crippen LogP contribution in [-0.4, -0.2) is 30.6 Å². The molecule has 0 aromatic heterocycles. The first-order valence-corrected chi connectivity index (χ1v) is 7.29. The maximum Gasteiger partial charge on any atom is 0.307 e. The Hall–Kier alpha value is -2.82. The minimum absolute atomic E-state index is 0.203. The first kappa shape index (κ1) is 15.1. The number of carbonyl (C=O) groups is 2. The molecule has 0 spiro atoms. The van der Waals surface area contributed by atoms with Gasteiger partial charge in [-0.1, -0.05) is 30.3 Å². The van der Waals surface area contributed by atoms with Crippen molar-refractivity contribution < 1.29 is 24.2 Å². The van der Waals surface area contributed by atoms with E-state index in [1.807, 2.05) is 6.07 Å². The van der Waals surface area contributed by atoms with Gasteiger partial charge in [0, 0.05) is 17.5 Å². The standard InChI is InChI=1S/C18H16O5/c1-22-17-13(10-14(19)20)9-12-7-8-23-18(12)15(17)16(21)11-5-3-2-4-6-11/h2-6,9H,7-8,10H2,1H3,(H,19,20). The van der Waals surface area contributed by atoms with Crippen LogP contribution in [0.3, 0.4) is 0 Å². The van der Waals surface area contributed by atoms with E-state index in [0.717, 1.165) is 5.56 Å². The van der Waals surface area contributed by atoms with Gasteiger partial charge < -0.3 is 14.6 Å². The van der Waals surface area contributed by atoms with Gasteiger partial charge in [-0.05, 0) is 11.6 Å². The molecule has 1 heterocycles. The molecule has 0 saturated heterocycles. The van der Waals surface area contributed by atoms with Gasteiger partial charge in [0.15, 0.2) is 0 Å². The number of fused-ring (bicyclic) bond motifs is 1. The molecule has 0 atom stereocenters. The quantitative estimate of drug-likeness (QED) is 0.859. The van der Waals surface area contributed by atoms with E-state index in [2.05, 4.69) is 0 Å². The van der Waals surface area contributed by atoms with Crippen LogP contribution in [0, 0.1) is 0 Å². The van der Waals surface area contributed by atoms with E-state index in [9.17, 15) is 9.59 Å². The molecule has 2 aromatic carbocycles. The SMILES string of the molecule is COc1c(CC(=O)O)cc2c(c1C(=O)c1ccccc1)OCC2. The summed E-state index contributed by atoms with van der Waals surface area (Å²) < 4.78 is 11.0. The van der Waals surface area contributed by atoms with Crippen molar-refractivity contribution in [3.8, 4) is 11.5 Å². The number of carbonyl (C=O) groups excluding carboxylic acids is 1. The first-order chi connectivity index (χ1) is 11.1. The molecular weight excluding hydrogens is 296 g/mol. The lowest BCUT2D eigenvalue weighted by Crippen LogP contribution is -2.10. The van der Waals surface area contributed by atoms with Crippen molar-refractivity contribution >= 4 is 11.8 Å². The van der Waals surface area contributed by atoms with Crippen LogP contribution in [0.25, 0.3) is 0 Å². The Morgan fingerprint density at radius 1 is 1.26 bits per heavy atom. The second-order valence-electron chi connectivity index (χ2n) is 5.30. The van der Waals surface area contributed by atoms with Crippen molar-refractivity contribution in [1.82, 2.24) is 0 Å². The Morgan fingerprint density at radius 3 is 2.65 bits per heavy atom. The average Bonchev–Trinajstić information content (AvgIpc) is 3.01. The Bertz CT molecular complexity index is 765. The zero-order valence-corrected chi connectivity index (χ0v) is 12.7. The van der Waals surface area contributed by atoms with Crippen LogP contribution in [0.15, 0.2) is 36.4 Å². The van der Waals surface area contributed by atoms with Gasteiger partial charge in [-0.15, -0.1) is 0 Å². The number of ether oxygens (including phenoxy) is 2. The highest BCUT2D eigenvalue weighted by molar-refractivity contribution is 6.13. The third kappa shape index (κ3) is 2.77. The van der Waals surface area contributed by atoms with Gasteiger partial charge in [0.05, 0.1) is 20.1 Å². The smallest absolute Gasteiger partial charge is 0.307 e. The molecule has 3 rings (SSSR count). The minimum Gasteiger partial charge on any atom is -0.496 e. The van der Waals surface area contributed by atoms with Crippen molar-refractivity contribution in [2.24, 2.45) is 0 Å². The minimum atomic E-state index is -0.972. The first-order valence-electron chi connectivity index (χ1n) is 7.29. The van der Waals surface area contributed by atoms with Gasteiger partial charge >= 0.3 is 5.97 Å². The van der Waals surface area contributed by atoms with Crippen molar-refractivity contribution in [3.05, 3.63) is 58.7 Å². The summed E-state index contributed by atoms with van der Waals surface area (Å²) in [6.07, 6.45) is 0.451. The van der Waals surface area contributed by atoms with Crippen LogP contribution in [0.4, 0.5) is 0 Å². The van der Waals surface area contributed by atoms with Gasteiger partial charge in [-0.2, -0.15) is 0 Å². The third-order valence-corrected chi connectivity index (χ3v) is 3.81. The largest absolute Gasteiger partial charge is 0.496 e. The number of benzene rings is 2. The summed E-state index contributed by atoms with van der Waals surface area (Å²) >= 11 is 0. The fourth-order valence-corrected chi connectivity index (χ4v) is 2.85. The molecule has 2 aromatic rings. The summed E-state index contributed by atoms with van der Waals surface area (Å²) in [6, 6.07) is 10.6.